The Labute approximate surface area is 177 Å². The molecule has 0 aliphatic carbocycles. The number of carbonyl (C=O) groups excluding carboxylic acids is 1. The van der Waals surface area contributed by atoms with Crippen molar-refractivity contribution in [2.24, 2.45) is 0 Å². The van der Waals surface area contributed by atoms with E-state index in [1.54, 1.807) is 66.9 Å². The third kappa shape index (κ3) is 5.27. The van der Waals surface area contributed by atoms with Crippen molar-refractivity contribution in [3.8, 4) is 29.2 Å². The van der Waals surface area contributed by atoms with Crippen molar-refractivity contribution < 1.29 is 13.9 Å². The molecule has 0 bridgehead atoms. The van der Waals surface area contributed by atoms with E-state index in [0.29, 0.717) is 53.1 Å². The molecular weight excluding hydrogens is 396 g/mol. The molecule has 4 rings (SSSR count). The maximum Gasteiger partial charge on any atom is 0.319 e. The lowest BCUT2D eigenvalue weighted by Crippen LogP contribution is -2.30. The van der Waals surface area contributed by atoms with Crippen LogP contribution in [0.4, 0.5) is 10.5 Å². The van der Waals surface area contributed by atoms with Crippen LogP contribution in [0, 0.1) is 11.3 Å². The highest BCUT2D eigenvalue weighted by Gasteiger charge is 2.09. The summed E-state index contributed by atoms with van der Waals surface area (Å²) in [6, 6.07) is 19.1. The Balaban J connectivity index is 1.24. The number of carbonyl (C=O) groups is 1. The van der Waals surface area contributed by atoms with Crippen LogP contribution in [0.2, 0.25) is 0 Å². The highest BCUT2D eigenvalue weighted by molar-refractivity contribution is 5.89. The maximum absolute atomic E-state index is 12.1. The molecule has 0 unspecified atom stereocenters. The van der Waals surface area contributed by atoms with Crippen LogP contribution in [0.1, 0.15) is 11.4 Å². The fraction of sp³-hybridized carbons (Fsp3) is 0.0909. The van der Waals surface area contributed by atoms with Gasteiger partial charge in [-0.15, -0.1) is 0 Å². The highest BCUT2D eigenvalue weighted by atomic mass is 16.5. The minimum absolute atomic E-state index is 0.332. The topological polar surface area (TPSA) is 129 Å². The van der Waals surface area contributed by atoms with E-state index in [9.17, 15) is 4.79 Å². The lowest BCUT2D eigenvalue weighted by molar-refractivity contribution is 0.252. The number of aromatic nitrogens is 3. The van der Waals surface area contributed by atoms with Gasteiger partial charge in [0.25, 0.3) is 0 Å². The third-order valence-corrected chi connectivity index (χ3v) is 4.23. The number of hydrogen-bond acceptors (Lipinski definition) is 6. The molecule has 2 aromatic carbocycles. The number of urea groups is 1. The molecule has 4 aromatic rings. The maximum atomic E-state index is 12.1. The second kappa shape index (κ2) is 9.28. The Morgan fingerprint density at radius 3 is 2.77 bits per heavy atom. The van der Waals surface area contributed by atoms with Crippen LogP contribution < -0.4 is 15.4 Å². The summed E-state index contributed by atoms with van der Waals surface area (Å²) < 4.78 is 11.0. The summed E-state index contributed by atoms with van der Waals surface area (Å²) in [5, 5.41) is 21.4. The molecule has 3 N–H and O–H groups in total. The summed E-state index contributed by atoms with van der Waals surface area (Å²) in [4.78, 5) is 16.4. The second-order valence-electron chi connectivity index (χ2n) is 6.48. The number of furan rings is 1. The molecule has 2 heterocycles. The highest BCUT2D eigenvalue weighted by Crippen LogP contribution is 2.23. The minimum atomic E-state index is -0.332. The van der Waals surface area contributed by atoms with Crippen LogP contribution in [-0.4, -0.2) is 27.8 Å². The molecule has 31 heavy (non-hydrogen) atoms. The van der Waals surface area contributed by atoms with E-state index >= 15 is 0 Å². The van der Waals surface area contributed by atoms with Gasteiger partial charge in [-0.2, -0.15) is 10.4 Å². The van der Waals surface area contributed by atoms with Crippen LogP contribution in [0.3, 0.4) is 0 Å². The summed E-state index contributed by atoms with van der Waals surface area (Å²) in [6.45, 7) is 0.384. The van der Waals surface area contributed by atoms with Crippen molar-refractivity contribution in [3.63, 3.8) is 0 Å². The van der Waals surface area contributed by atoms with Gasteiger partial charge >= 0.3 is 6.03 Å². The number of nitrogens with zero attached hydrogens (tertiary/aromatic N) is 3. The molecule has 0 atom stereocenters. The quantitative estimate of drug-likeness (QED) is 0.418. The van der Waals surface area contributed by atoms with E-state index in [1.807, 2.05) is 0 Å². The van der Waals surface area contributed by atoms with Crippen molar-refractivity contribution in [2.45, 2.75) is 6.42 Å². The molecular formula is C22H18N6O3. The summed E-state index contributed by atoms with van der Waals surface area (Å²) >= 11 is 0. The summed E-state index contributed by atoms with van der Waals surface area (Å²) in [7, 11) is 0. The predicted octanol–water partition coefficient (Wildman–Crippen LogP) is 4.09. The van der Waals surface area contributed by atoms with Crippen molar-refractivity contribution in [1.29, 1.82) is 5.26 Å². The van der Waals surface area contributed by atoms with Gasteiger partial charge in [0.05, 0.1) is 17.9 Å². The van der Waals surface area contributed by atoms with E-state index in [4.69, 9.17) is 14.4 Å². The smallest absolute Gasteiger partial charge is 0.319 e. The lowest BCUT2D eigenvalue weighted by atomic mass is 10.2. The lowest BCUT2D eigenvalue weighted by Gasteiger charge is -2.09. The van der Waals surface area contributed by atoms with Crippen molar-refractivity contribution in [3.05, 3.63) is 78.3 Å². The Bertz CT molecular complexity index is 1190. The minimum Gasteiger partial charge on any atom is -0.461 e. The number of H-pyrrole nitrogens is 1. The van der Waals surface area contributed by atoms with Gasteiger partial charge in [-0.05, 0) is 54.6 Å². The van der Waals surface area contributed by atoms with E-state index in [1.165, 1.54) is 0 Å². The van der Waals surface area contributed by atoms with Crippen LogP contribution in [0.5, 0.6) is 11.5 Å². The number of rotatable bonds is 7. The Hall–Kier alpha value is -4.58. The number of anilines is 1. The molecule has 0 saturated carbocycles. The SMILES string of the molecule is N#Cc1cccc(Oc2ccc(NC(=O)NCCc3nc(-c4ccco4)n[nH]3)cc2)c1. The van der Waals surface area contributed by atoms with Gasteiger partial charge in [0.1, 0.15) is 17.3 Å². The first kappa shape index (κ1) is 19.7. The third-order valence-electron chi connectivity index (χ3n) is 4.23. The Morgan fingerprint density at radius 2 is 2.00 bits per heavy atom. The molecule has 9 heteroatoms. The first-order valence-corrected chi connectivity index (χ1v) is 9.48. The van der Waals surface area contributed by atoms with Crippen molar-refractivity contribution in [2.75, 3.05) is 11.9 Å². The fourth-order valence-corrected chi connectivity index (χ4v) is 2.76. The zero-order valence-electron chi connectivity index (χ0n) is 16.3. The summed E-state index contributed by atoms with van der Waals surface area (Å²) in [5.41, 5.74) is 1.14. The van der Waals surface area contributed by atoms with Gasteiger partial charge in [-0.25, -0.2) is 9.78 Å². The number of hydrogen-bond donors (Lipinski definition) is 3. The van der Waals surface area contributed by atoms with Crippen LogP contribution in [0.25, 0.3) is 11.6 Å². The second-order valence-corrected chi connectivity index (χ2v) is 6.48. The molecule has 2 aromatic heterocycles. The van der Waals surface area contributed by atoms with Gasteiger partial charge < -0.3 is 19.8 Å². The van der Waals surface area contributed by atoms with Gasteiger partial charge in [-0.1, -0.05) is 6.07 Å². The first-order chi connectivity index (χ1) is 15.2. The summed E-state index contributed by atoms with van der Waals surface area (Å²) in [6.07, 6.45) is 2.05. The fourth-order valence-electron chi connectivity index (χ4n) is 2.76. The standard InChI is InChI=1S/C22H18N6O3/c23-14-15-3-1-4-18(13-15)31-17-8-6-16(7-9-17)25-22(29)24-11-10-20-26-21(28-27-20)19-5-2-12-30-19/h1-9,12-13H,10-11H2,(H2,24,25,29)(H,26,27,28). The van der Waals surface area contributed by atoms with Crippen LogP contribution in [0.15, 0.2) is 71.3 Å². The molecule has 0 saturated heterocycles. The van der Waals surface area contributed by atoms with Gasteiger partial charge in [-0.3, -0.25) is 5.10 Å². The van der Waals surface area contributed by atoms with Crippen LogP contribution in [-0.2, 0) is 6.42 Å². The van der Waals surface area contributed by atoms with Gasteiger partial charge in [0.2, 0.25) is 5.82 Å². The molecule has 0 aliphatic heterocycles. The Morgan fingerprint density at radius 1 is 1.13 bits per heavy atom. The van der Waals surface area contributed by atoms with Gasteiger partial charge in [0, 0.05) is 18.7 Å². The number of amides is 2. The Kier molecular flexibility index (Phi) is 5.90. The number of aromatic amines is 1. The largest absolute Gasteiger partial charge is 0.461 e. The normalized spacial score (nSPS) is 10.3. The molecule has 154 valence electrons. The number of benzene rings is 2. The monoisotopic (exact) mass is 414 g/mol. The molecule has 0 radical (unpaired) electrons. The van der Waals surface area contributed by atoms with Gasteiger partial charge in [0.15, 0.2) is 5.76 Å². The van der Waals surface area contributed by atoms with Crippen molar-refractivity contribution in [1.82, 2.24) is 20.5 Å². The summed E-state index contributed by atoms with van der Waals surface area (Å²) in [5.74, 6) is 2.87. The zero-order valence-corrected chi connectivity index (χ0v) is 16.3. The average Bonchev–Trinajstić information content (AvgIpc) is 3.47. The van der Waals surface area contributed by atoms with Crippen molar-refractivity contribution >= 4 is 11.7 Å². The van der Waals surface area contributed by atoms with Crippen LogP contribution >= 0.6 is 0 Å². The van der Waals surface area contributed by atoms with E-state index in [0.717, 1.165) is 0 Å². The predicted molar refractivity (Wildman–Crippen MR) is 112 cm³/mol. The first-order valence-electron chi connectivity index (χ1n) is 9.48. The number of nitriles is 1. The zero-order chi connectivity index (χ0) is 21.5. The molecule has 2 amide bonds. The molecule has 9 nitrogen and oxygen atoms in total. The molecule has 0 spiro atoms. The average molecular weight is 414 g/mol. The number of ether oxygens (including phenoxy) is 1. The number of nitrogens with one attached hydrogen (secondary N) is 3. The van der Waals surface area contributed by atoms with E-state index in [2.05, 4.69) is 31.9 Å². The van der Waals surface area contributed by atoms with E-state index in [-0.39, 0.29) is 6.03 Å². The molecule has 0 aliphatic rings. The van der Waals surface area contributed by atoms with E-state index < -0.39 is 0 Å². The molecule has 0 fully saturated rings.